The molecule has 110 valence electrons. The molecular formula is C15H21FN2O2. The molecular weight excluding hydrogens is 259 g/mol. The van der Waals surface area contributed by atoms with Gasteiger partial charge in [-0.25, -0.2) is 4.39 Å². The minimum absolute atomic E-state index is 0.0371. The molecule has 2 rings (SSSR count). The van der Waals surface area contributed by atoms with E-state index in [0.29, 0.717) is 31.8 Å². The van der Waals surface area contributed by atoms with Crippen LogP contribution < -0.4 is 10.6 Å². The van der Waals surface area contributed by atoms with Crippen LogP contribution in [0.2, 0.25) is 0 Å². The van der Waals surface area contributed by atoms with Gasteiger partial charge >= 0.3 is 0 Å². The number of rotatable bonds is 5. The summed E-state index contributed by atoms with van der Waals surface area (Å²) in [5.41, 5.74) is 6.25. The smallest absolute Gasteiger partial charge is 0.232 e. The minimum atomic E-state index is -0.308. The van der Waals surface area contributed by atoms with Crippen LogP contribution in [0.15, 0.2) is 24.3 Å². The number of amides is 1. The molecule has 0 saturated carbocycles. The number of halogens is 1. The van der Waals surface area contributed by atoms with Crippen molar-refractivity contribution >= 4 is 11.6 Å². The van der Waals surface area contributed by atoms with Crippen molar-refractivity contribution in [3.8, 4) is 0 Å². The molecule has 1 aromatic carbocycles. The van der Waals surface area contributed by atoms with E-state index in [1.807, 2.05) is 6.92 Å². The quantitative estimate of drug-likeness (QED) is 0.896. The largest absolute Gasteiger partial charge is 0.378 e. The lowest BCUT2D eigenvalue weighted by molar-refractivity contribution is -0.123. The maximum absolute atomic E-state index is 13.0. The highest BCUT2D eigenvalue weighted by atomic mass is 19.1. The minimum Gasteiger partial charge on any atom is -0.378 e. The van der Waals surface area contributed by atoms with Gasteiger partial charge in [-0.2, -0.15) is 0 Å². The first kappa shape index (κ1) is 14.9. The predicted molar refractivity (Wildman–Crippen MR) is 75.9 cm³/mol. The summed E-state index contributed by atoms with van der Waals surface area (Å²) in [6.45, 7) is 3.60. The molecule has 2 unspecified atom stereocenters. The lowest BCUT2D eigenvalue weighted by Gasteiger charge is -2.26. The Morgan fingerprint density at radius 1 is 1.45 bits per heavy atom. The summed E-state index contributed by atoms with van der Waals surface area (Å²) in [6, 6.07) is 5.99. The number of anilines is 1. The highest BCUT2D eigenvalue weighted by Gasteiger charge is 2.34. The van der Waals surface area contributed by atoms with E-state index < -0.39 is 0 Å². The Morgan fingerprint density at radius 2 is 2.15 bits per heavy atom. The first-order valence-corrected chi connectivity index (χ1v) is 7.02. The fourth-order valence-corrected chi connectivity index (χ4v) is 2.49. The molecule has 0 radical (unpaired) electrons. The average molecular weight is 280 g/mol. The molecule has 0 bridgehead atoms. The van der Waals surface area contributed by atoms with Crippen molar-refractivity contribution in [3.63, 3.8) is 0 Å². The number of carbonyl (C=O) groups is 1. The summed E-state index contributed by atoms with van der Waals surface area (Å²) < 4.78 is 18.5. The van der Waals surface area contributed by atoms with E-state index in [0.717, 1.165) is 6.42 Å². The summed E-state index contributed by atoms with van der Waals surface area (Å²) >= 11 is 0. The molecule has 0 aliphatic carbocycles. The van der Waals surface area contributed by atoms with Gasteiger partial charge in [0.15, 0.2) is 0 Å². The Kier molecular flexibility index (Phi) is 5.09. The Bertz CT molecular complexity index is 450. The number of nitrogens with zero attached hydrogens (tertiary/aromatic N) is 1. The van der Waals surface area contributed by atoms with Crippen LogP contribution >= 0.6 is 0 Å². The summed E-state index contributed by atoms with van der Waals surface area (Å²) in [7, 11) is 0. The van der Waals surface area contributed by atoms with E-state index in [1.165, 1.54) is 12.1 Å². The average Bonchev–Trinajstić information content (AvgIpc) is 2.87. The van der Waals surface area contributed by atoms with Crippen LogP contribution in [0.5, 0.6) is 0 Å². The van der Waals surface area contributed by atoms with Gasteiger partial charge in [-0.1, -0.05) is 0 Å². The Hall–Kier alpha value is -1.46. The van der Waals surface area contributed by atoms with Crippen molar-refractivity contribution in [2.75, 3.05) is 24.6 Å². The van der Waals surface area contributed by atoms with Gasteiger partial charge in [0, 0.05) is 18.8 Å². The van der Waals surface area contributed by atoms with Gasteiger partial charge in [-0.3, -0.25) is 4.79 Å². The van der Waals surface area contributed by atoms with Crippen LogP contribution in [0.3, 0.4) is 0 Å². The number of ether oxygens (including phenoxy) is 1. The van der Waals surface area contributed by atoms with Gasteiger partial charge in [-0.15, -0.1) is 0 Å². The highest BCUT2D eigenvalue weighted by Crippen LogP contribution is 2.26. The molecule has 0 spiro atoms. The van der Waals surface area contributed by atoms with Crippen molar-refractivity contribution in [2.45, 2.75) is 25.9 Å². The van der Waals surface area contributed by atoms with E-state index in [4.69, 9.17) is 10.5 Å². The van der Waals surface area contributed by atoms with Crippen LogP contribution in [-0.4, -0.2) is 31.7 Å². The number of hydrogen-bond acceptors (Lipinski definition) is 3. The lowest BCUT2D eigenvalue weighted by Crippen LogP contribution is -2.40. The molecule has 5 heteroatoms. The van der Waals surface area contributed by atoms with Crippen molar-refractivity contribution in [1.82, 2.24) is 0 Å². The summed E-state index contributed by atoms with van der Waals surface area (Å²) in [5, 5.41) is 0. The number of benzene rings is 1. The normalized spacial score (nSPS) is 21.9. The number of nitrogens with two attached hydrogens (primary N) is 1. The molecule has 1 amide bonds. The fraction of sp³-hybridized carbons (Fsp3) is 0.533. The summed E-state index contributed by atoms with van der Waals surface area (Å²) in [6.07, 6.45) is 1.38. The molecule has 4 nitrogen and oxygen atoms in total. The molecule has 1 aromatic rings. The molecule has 1 heterocycles. The molecule has 2 atom stereocenters. The highest BCUT2D eigenvalue weighted by molar-refractivity contribution is 5.95. The zero-order valence-corrected chi connectivity index (χ0v) is 11.7. The maximum atomic E-state index is 13.0. The molecule has 1 saturated heterocycles. The van der Waals surface area contributed by atoms with Crippen molar-refractivity contribution in [3.05, 3.63) is 30.1 Å². The Morgan fingerprint density at radius 3 is 2.70 bits per heavy atom. The Balaban J connectivity index is 2.18. The topological polar surface area (TPSA) is 55.6 Å². The third kappa shape index (κ3) is 3.35. The van der Waals surface area contributed by atoms with Gasteiger partial charge in [0.25, 0.3) is 0 Å². The molecule has 1 aliphatic heterocycles. The maximum Gasteiger partial charge on any atom is 0.232 e. The predicted octanol–water partition coefficient (Wildman–Crippen LogP) is 1.93. The molecule has 1 fully saturated rings. The number of carbonyl (C=O) groups excluding carboxylic acids is 1. The van der Waals surface area contributed by atoms with E-state index in [9.17, 15) is 9.18 Å². The second-order valence-electron chi connectivity index (χ2n) is 5.08. The molecule has 1 aliphatic rings. The molecule has 0 aromatic heterocycles. The molecule has 20 heavy (non-hydrogen) atoms. The van der Waals surface area contributed by atoms with Gasteiger partial charge in [0.05, 0.1) is 12.0 Å². The van der Waals surface area contributed by atoms with Crippen LogP contribution in [0.1, 0.15) is 19.8 Å². The van der Waals surface area contributed by atoms with Crippen LogP contribution in [0.25, 0.3) is 0 Å². The van der Waals surface area contributed by atoms with Gasteiger partial charge < -0.3 is 15.4 Å². The van der Waals surface area contributed by atoms with E-state index in [1.54, 1.807) is 17.0 Å². The zero-order chi connectivity index (χ0) is 14.5. The monoisotopic (exact) mass is 280 g/mol. The first-order chi connectivity index (χ1) is 9.63. The molecule has 2 N–H and O–H groups in total. The van der Waals surface area contributed by atoms with Gasteiger partial charge in [0.1, 0.15) is 5.82 Å². The van der Waals surface area contributed by atoms with E-state index >= 15 is 0 Å². The SMILES string of the molecule is CC1OCCC1C(=O)N(CCCN)c1ccc(F)cc1. The van der Waals surface area contributed by atoms with Crippen molar-refractivity contribution < 1.29 is 13.9 Å². The van der Waals surface area contributed by atoms with Gasteiger partial charge in [-0.05, 0) is 50.6 Å². The second kappa shape index (κ2) is 6.81. The zero-order valence-electron chi connectivity index (χ0n) is 11.7. The number of hydrogen-bond donors (Lipinski definition) is 1. The van der Waals surface area contributed by atoms with Gasteiger partial charge in [0.2, 0.25) is 5.91 Å². The first-order valence-electron chi connectivity index (χ1n) is 7.02. The third-order valence-corrected chi connectivity index (χ3v) is 3.68. The summed E-state index contributed by atoms with van der Waals surface area (Å²) in [4.78, 5) is 14.4. The third-order valence-electron chi connectivity index (χ3n) is 3.68. The van der Waals surface area contributed by atoms with Crippen LogP contribution in [-0.2, 0) is 9.53 Å². The second-order valence-corrected chi connectivity index (χ2v) is 5.08. The van der Waals surface area contributed by atoms with E-state index in [-0.39, 0.29) is 23.7 Å². The van der Waals surface area contributed by atoms with Crippen molar-refractivity contribution in [2.24, 2.45) is 11.7 Å². The lowest BCUT2D eigenvalue weighted by atomic mass is 10.0. The summed E-state index contributed by atoms with van der Waals surface area (Å²) in [5.74, 6) is -0.398. The standard InChI is InChI=1S/C15H21FN2O2/c1-11-14(7-10-20-11)15(19)18(9-2-8-17)13-5-3-12(16)4-6-13/h3-6,11,14H,2,7-10,17H2,1H3. The van der Waals surface area contributed by atoms with Crippen LogP contribution in [0, 0.1) is 11.7 Å². The van der Waals surface area contributed by atoms with E-state index in [2.05, 4.69) is 0 Å². The van der Waals surface area contributed by atoms with Crippen molar-refractivity contribution in [1.29, 1.82) is 0 Å². The fourth-order valence-electron chi connectivity index (χ4n) is 2.49. The van der Waals surface area contributed by atoms with Crippen LogP contribution in [0.4, 0.5) is 10.1 Å². The Labute approximate surface area is 118 Å².